The number of benzene rings is 1. The van der Waals surface area contributed by atoms with Crippen LogP contribution in [0.2, 0.25) is 5.02 Å². The molecule has 2 N–H and O–H groups in total. The van der Waals surface area contributed by atoms with E-state index in [1.165, 1.54) is 12.1 Å². The minimum absolute atomic E-state index is 0.0110. The van der Waals surface area contributed by atoms with Crippen molar-refractivity contribution >= 4 is 17.5 Å². The average molecular weight is 441 g/mol. The van der Waals surface area contributed by atoms with Gasteiger partial charge in [0, 0.05) is 17.5 Å². The summed E-state index contributed by atoms with van der Waals surface area (Å²) < 4.78 is 35.0. The fraction of sp³-hybridized carbons (Fsp3) is 0.696. The van der Waals surface area contributed by atoms with Crippen LogP contribution in [0.15, 0.2) is 12.1 Å². The highest BCUT2D eigenvalue weighted by Gasteiger charge is 2.44. The molecule has 7 heteroatoms. The van der Waals surface area contributed by atoms with E-state index in [9.17, 15) is 13.6 Å². The van der Waals surface area contributed by atoms with Crippen LogP contribution in [0.1, 0.15) is 70.4 Å². The van der Waals surface area contributed by atoms with E-state index in [2.05, 4.69) is 17.6 Å². The van der Waals surface area contributed by atoms with Gasteiger partial charge in [0.25, 0.3) is 0 Å². The van der Waals surface area contributed by atoms with Gasteiger partial charge in [-0.1, -0.05) is 31.4 Å². The molecule has 0 radical (unpaired) electrons. The Kier molecular flexibility index (Phi) is 6.12. The quantitative estimate of drug-likeness (QED) is 0.618. The summed E-state index contributed by atoms with van der Waals surface area (Å²) in [5.74, 6) is -1.70. The Hall–Kier alpha value is -1.24. The molecule has 0 spiro atoms. The molecule has 1 aliphatic heterocycles. The largest absolute Gasteiger partial charge is 0.377 e. The number of rotatable bonds is 6. The summed E-state index contributed by atoms with van der Waals surface area (Å²) >= 11 is 5.97. The van der Waals surface area contributed by atoms with Crippen LogP contribution in [-0.2, 0) is 9.53 Å². The summed E-state index contributed by atoms with van der Waals surface area (Å²) in [5, 5.41) is 6.54. The van der Waals surface area contributed by atoms with E-state index >= 15 is 0 Å². The van der Waals surface area contributed by atoms with Crippen molar-refractivity contribution in [2.45, 2.75) is 76.4 Å². The number of amides is 1. The maximum absolute atomic E-state index is 14.9. The number of nitrogens with one attached hydrogen (secondary N) is 2. The molecule has 3 atom stereocenters. The maximum atomic E-state index is 14.9. The van der Waals surface area contributed by atoms with Crippen molar-refractivity contribution in [3.8, 4) is 0 Å². The van der Waals surface area contributed by atoms with Crippen molar-refractivity contribution in [3.05, 3.63) is 34.4 Å². The van der Waals surface area contributed by atoms with Crippen LogP contribution < -0.4 is 10.6 Å². The standard InChI is InChI=1S/C23H31ClF2N2O2/c1-22(9-3-4-10-22)20(18-17(25)8-7-16(24)19(18)26)27-21(29)14-5-6-15(11-14)28-23(2)12-30-13-23/h7-8,14-15,20,28H,3-6,9-13H2,1-2H3,(H,27,29)/t14-,15?,20-/m1/s1. The summed E-state index contributed by atoms with van der Waals surface area (Å²) in [5.41, 5.74) is -0.509. The number of carbonyl (C=O) groups is 1. The van der Waals surface area contributed by atoms with Crippen LogP contribution in [0.4, 0.5) is 8.78 Å². The van der Waals surface area contributed by atoms with Gasteiger partial charge in [0.1, 0.15) is 11.6 Å². The molecule has 3 fully saturated rings. The van der Waals surface area contributed by atoms with Gasteiger partial charge in [-0.05, 0) is 56.6 Å². The van der Waals surface area contributed by atoms with Crippen molar-refractivity contribution in [2.75, 3.05) is 13.2 Å². The van der Waals surface area contributed by atoms with Gasteiger partial charge in [-0.2, -0.15) is 0 Å². The first kappa shape index (κ1) is 22.0. The molecule has 3 aliphatic rings. The third kappa shape index (κ3) is 4.23. The molecule has 2 saturated carbocycles. The fourth-order valence-electron chi connectivity index (χ4n) is 5.47. The van der Waals surface area contributed by atoms with Crippen molar-refractivity contribution in [1.29, 1.82) is 0 Å². The molecule has 1 heterocycles. The molecule has 30 heavy (non-hydrogen) atoms. The molecule has 0 bridgehead atoms. The molecule has 1 amide bonds. The zero-order chi connectivity index (χ0) is 21.5. The van der Waals surface area contributed by atoms with Gasteiger partial charge in [-0.25, -0.2) is 8.78 Å². The minimum atomic E-state index is -0.765. The third-order valence-electron chi connectivity index (χ3n) is 7.29. The van der Waals surface area contributed by atoms with Gasteiger partial charge in [0.2, 0.25) is 5.91 Å². The van der Waals surface area contributed by atoms with E-state index in [1.54, 1.807) is 0 Å². The van der Waals surface area contributed by atoms with Gasteiger partial charge in [0.15, 0.2) is 0 Å². The van der Waals surface area contributed by atoms with Crippen molar-refractivity contribution in [1.82, 2.24) is 10.6 Å². The van der Waals surface area contributed by atoms with E-state index < -0.39 is 23.1 Å². The first-order valence-electron chi connectivity index (χ1n) is 11.0. The summed E-state index contributed by atoms with van der Waals surface area (Å²) in [4.78, 5) is 13.2. The second kappa shape index (κ2) is 8.36. The molecule has 166 valence electrons. The Balaban J connectivity index is 1.51. The SMILES string of the molecule is CC1(NC2CC[C@@H](C(=O)N[C@H](c3c(F)ccc(Cl)c3F)C3(C)CCCC3)C2)COC1. The maximum Gasteiger partial charge on any atom is 0.223 e. The lowest BCUT2D eigenvalue weighted by Gasteiger charge is -2.41. The smallest absolute Gasteiger partial charge is 0.223 e. The van der Waals surface area contributed by atoms with Crippen LogP contribution in [0.25, 0.3) is 0 Å². The highest BCUT2D eigenvalue weighted by Crippen LogP contribution is 2.49. The molecular formula is C23H31ClF2N2O2. The Morgan fingerprint density at radius 1 is 1.20 bits per heavy atom. The Bertz CT molecular complexity index is 809. The van der Waals surface area contributed by atoms with Gasteiger partial charge >= 0.3 is 0 Å². The summed E-state index contributed by atoms with van der Waals surface area (Å²) in [7, 11) is 0. The number of halogens is 3. The Morgan fingerprint density at radius 2 is 1.90 bits per heavy atom. The van der Waals surface area contributed by atoms with Crippen molar-refractivity contribution in [3.63, 3.8) is 0 Å². The second-order valence-electron chi connectivity index (χ2n) is 9.96. The van der Waals surface area contributed by atoms with Gasteiger partial charge < -0.3 is 15.4 Å². The molecule has 4 rings (SSSR count). The van der Waals surface area contributed by atoms with Crippen molar-refractivity contribution in [2.24, 2.45) is 11.3 Å². The van der Waals surface area contributed by atoms with E-state index in [0.29, 0.717) is 13.2 Å². The van der Waals surface area contributed by atoms with E-state index in [1.807, 2.05) is 6.92 Å². The average Bonchev–Trinajstić information content (AvgIpc) is 3.33. The monoisotopic (exact) mass is 440 g/mol. The number of ether oxygens (including phenoxy) is 1. The lowest BCUT2D eigenvalue weighted by Crippen LogP contribution is -2.60. The van der Waals surface area contributed by atoms with Gasteiger partial charge in [-0.15, -0.1) is 0 Å². The number of hydrogen-bond donors (Lipinski definition) is 2. The topological polar surface area (TPSA) is 50.4 Å². The fourth-order valence-corrected chi connectivity index (χ4v) is 5.63. The molecule has 1 saturated heterocycles. The molecular weight excluding hydrogens is 410 g/mol. The number of hydrogen-bond acceptors (Lipinski definition) is 3. The van der Waals surface area contributed by atoms with E-state index in [-0.39, 0.29) is 34.0 Å². The van der Waals surface area contributed by atoms with Crippen LogP contribution >= 0.6 is 11.6 Å². The van der Waals surface area contributed by atoms with E-state index in [0.717, 1.165) is 44.9 Å². The number of carbonyl (C=O) groups excluding carboxylic acids is 1. The minimum Gasteiger partial charge on any atom is -0.377 e. The predicted molar refractivity (Wildman–Crippen MR) is 112 cm³/mol. The van der Waals surface area contributed by atoms with Crippen LogP contribution in [-0.4, -0.2) is 30.7 Å². The van der Waals surface area contributed by atoms with Gasteiger partial charge in [0.05, 0.1) is 29.8 Å². The zero-order valence-electron chi connectivity index (χ0n) is 17.7. The molecule has 4 nitrogen and oxygen atoms in total. The zero-order valence-corrected chi connectivity index (χ0v) is 18.5. The molecule has 1 unspecified atom stereocenters. The normalized spacial score (nSPS) is 28.2. The Labute approximate surface area is 182 Å². The molecule has 1 aromatic rings. The molecule has 1 aromatic carbocycles. The second-order valence-corrected chi connectivity index (χ2v) is 10.4. The van der Waals surface area contributed by atoms with Crippen LogP contribution in [0, 0.1) is 23.0 Å². The predicted octanol–water partition coefficient (Wildman–Crippen LogP) is 4.90. The van der Waals surface area contributed by atoms with Crippen molar-refractivity contribution < 1.29 is 18.3 Å². The lowest BCUT2D eigenvalue weighted by molar-refractivity contribution is -0.126. The highest BCUT2D eigenvalue weighted by molar-refractivity contribution is 6.30. The first-order valence-corrected chi connectivity index (χ1v) is 11.4. The van der Waals surface area contributed by atoms with Crippen LogP contribution in [0.5, 0.6) is 0 Å². The Morgan fingerprint density at radius 3 is 2.53 bits per heavy atom. The molecule has 2 aliphatic carbocycles. The lowest BCUT2D eigenvalue weighted by atomic mass is 9.76. The summed E-state index contributed by atoms with van der Waals surface area (Å²) in [6.45, 7) is 5.52. The van der Waals surface area contributed by atoms with Crippen LogP contribution in [0.3, 0.4) is 0 Å². The highest BCUT2D eigenvalue weighted by atomic mass is 35.5. The molecule has 0 aromatic heterocycles. The third-order valence-corrected chi connectivity index (χ3v) is 7.59. The van der Waals surface area contributed by atoms with Gasteiger partial charge in [-0.3, -0.25) is 4.79 Å². The van der Waals surface area contributed by atoms with E-state index in [4.69, 9.17) is 16.3 Å². The summed E-state index contributed by atoms with van der Waals surface area (Å²) in [6.07, 6.45) is 6.02. The summed E-state index contributed by atoms with van der Waals surface area (Å²) in [6, 6.07) is 1.95. The first-order chi connectivity index (χ1) is 14.2.